The Bertz CT molecular complexity index is 502. The number of aryl methyl sites for hydroxylation is 1. The minimum Gasteiger partial charge on any atom is -0.481 e. The number of carbonyl (C=O) groups is 1. The summed E-state index contributed by atoms with van der Waals surface area (Å²) in [6.45, 7) is 4.78. The molecule has 1 saturated heterocycles. The van der Waals surface area contributed by atoms with E-state index in [4.69, 9.17) is 9.94 Å². The Labute approximate surface area is 125 Å². The van der Waals surface area contributed by atoms with Crippen LogP contribution < -0.4 is 0 Å². The maximum Gasteiger partial charge on any atom is 0.307 e. The number of rotatable bonds is 6. The Morgan fingerprint density at radius 3 is 3.10 bits per heavy atom. The van der Waals surface area contributed by atoms with Crippen molar-refractivity contribution in [2.45, 2.75) is 19.8 Å². The van der Waals surface area contributed by atoms with E-state index in [1.807, 2.05) is 31.2 Å². The summed E-state index contributed by atoms with van der Waals surface area (Å²) in [5.41, 5.74) is 2.20. The Hall–Kier alpha value is -1.88. The summed E-state index contributed by atoms with van der Waals surface area (Å²) in [7, 11) is 0. The molecule has 21 heavy (non-hydrogen) atoms. The van der Waals surface area contributed by atoms with Crippen LogP contribution in [0.4, 0.5) is 0 Å². The molecule has 1 aliphatic rings. The molecule has 2 rings (SSSR count). The topological polar surface area (TPSA) is 62.1 Å². The summed E-state index contributed by atoms with van der Waals surface area (Å²) >= 11 is 0. The first-order chi connectivity index (χ1) is 10.2. The third kappa shape index (κ3) is 4.86. The van der Waals surface area contributed by atoms with Gasteiger partial charge in [-0.3, -0.25) is 9.69 Å². The fourth-order valence-electron chi connectivity index (χ4n) is 2.51. The normalized spacial score (nSPS) is 19.8. The SMILES string of the molecule is Cc1ccccc1C=NOCCN1CCCC(C(=O)O)C1. The fourth-order valence-corrected chi connectivity index (χ4v) is 2.51. The number of oxime groups is 1. The van der Waals surface area contributed by atoms with Gasteiger partial charge in [0.15, 0.2) is 0 Å². The monoisotopic (exact) mass is 290 g/mol. The molecule has 0 aliphatic carbocycles. The lowest BCUT2D eigenvalue weighted by atomic mass is 9.98. The smallest absolute Gasteiger partial charge is 0.307 e. The molecule has 0 radical (unpaired) electrons. The Kier molecular flexibility index (Phi) is 5.75. The van der Waals surface area contributed by atoms with Crippen LogP contribution in [0, 0.1) is 12.8 Å². The van der Waals surface area contributed by atoms with E-state index in [0.717, 1.165) is 37.1 Å². The van der Waals surface area contributed by atoms with Gasteiger partial charge in [0.25, 0.3) is 0 Å². The van der Waals surface area contributed by atoms with E-state index in [-0.39, 0.29) is 5.92 Å². The molecule has 1 atom stereocenters. The first-order valence-electron chi connectivity index (χ1n) is 7.33. The highest BCUT2D eigenvalue weighted by atomic mass is 16.6. The van der Waals surface area contributed by atoms with Crippen molar-refractivity contribution >= 4 is 12.2 Å². The van der Waals surface area contributed by atoms with Gasteiger partial charge < -0.3 is 9.94 Å². The van der Waals surface area contributed by atoms with Gasteiger partial charge in [0.1, 0.15) is 6.61 Å². The van der Waals surface area contributed by atoms with E-state index < -0.39 is 5.97 Å². The molecule has 1 heterocycles. The van der Waals surface area contributed by atoms with Gasteiger partial charge in [-0.1, -0.05) is 29.4 Å². The van der Waals surface area contributed by atoms with Gasteiger partial charge in [0.2, 0.25) is 0 Å². The summed E-state index contributed by atoms with van der Waals surface area (Å²) < 4.78 is 0. The number of likely N-dealkylation sites (tertiary alicyclic amines) is 1. The number of benzene rings is 1. The predicted octanol–water partition coefficient (Wildman–Crippen LogP) is 2.14. The molecule has 0 bridgehead atoms. The van der Waals surface area contributed by atoms with Crippen molar-refractivity contribution < 1.29 is 14.7 Å². The summed E-state index contributed by atoms with van der Waals surface area (Å²) in [4.78, 5) is 18.4. The first kappa shape index (κ1) is 15.5. The van der Waals surface area contributed by atoms with E-state index in [2.05, 4.69) is 10.1 Å². The number of aliphatic carboxylic acids is 1. The predicted molar refractivity (Wildman–Crippen MR) is 81.5 cm³/mol. The minimum atomic E-state index is -0.696. The zero-order chi connectivity index (χ0) is 15.1. The van der Waals surface area contributed by atoms with Crippen LogP contribution in [0.1, 0.15) is 24.0 Å². The van der Waals surface area contributed by atoms with Gasteiger partial charge in [-0.2, -0.15) is 0 Å². The summed E-state index contributed by atoms with van der Waals surface area (Å²) in [6, 6.07) is 7.97. The molecule has 1 aromatic rings. The number of nitrogens with zero attached hydrogens (tertiary/aromatic N) is 2. The van der Waals surface area contributed by atoms with Crippen LogP contribution in [0.25, 0.3) is 0 Å². The number of carboxylic acids is 1. The van der Waals surface area contributed by atoms with E-state index in [1.165, 1.54) is 0 Å². The van der Waals surface area contributed by atoms with E-state index in [9.17, 15) is 4.79 Å². The molecule has 1 unspecified atom stereocenters. The summed E-state index contributed by atoms with van der Waals surface area (Å²) in [5.74, 6) is -0.938. The lowest BCUT2D eigenvalue weighted by Crippen LogP contribution is -2.40. The zero-order valence-electron chi connectivity index (χ0n) is 12.4. The van der Waals surface area contributed by atoms with Crippen LogP contribution in [-0.2, 0) is 9.63 Å². The van der Waals surface area contributed by atoms with Gasteiger partial charge in [0.05, 0.1) is 12.1 Å². The van der Waals surface area contributed by atoms with Crippen LogP contribution in [0.5, 0.6) is 0 Å². The second-order valence-corrected chi connectivity index (χ2v) is 5.40. The zero-order valence-corrected chi connectivity index (χ0v) is 12.4. The summed E-state index contributed by atoms with van der Waals surface area (Å²) in [6.07, 6.45) is 3.42. The first-order valence-corrected chi connectivity index (χ1v) is 7.33. The Morgan fingerprint density at radius 2 is 2.33 bits per heavy atom. The maximum atomic E-state index is 11.0. The Morgan fingerprint density at radius 1 is 1.52 bits per heavy atom. The maximum absolute atomic E-state index is 11.0. The van der Waals surface area contributed by atoms with Crippen LogP contribution in [0.3, 0.4) is 0 Å². The van der Waals surface area contributed by atoms with Crippen LogP contribution in [0.2, 0.25) is 0 Å². The molecule has 0 aromatic heterocycles. The minimum absolute atomic E-state index is 0.241. The highest BCUT2D eigenvalue weighted by Crippen LogP contribution is 2.16. The largest absolute Gasteiger partial charge is 0.481 e. The average molecular weight is 290 g/mol. The molecule has 1 fully saturated rings. The van der Waals surface area contributed by atoms with Crippen LogP contribution in [-0.4, -0.2) is 48.4 Å². The van der Waals surface area contributed by atoms with Crippen molar-refractivity contribution in [1.82, 2.24) is 4.90 Å². The molecule has 0 saturated carbocycles. The van der Waals surface area contributed by atoms with Crippen molar-refractivity contribution in [3.05, 3.63) is 35.4 Å². The van der Waals surface area contributed by atoms with Crippen molar-refractivity contribution in [2.75, 3.05) is 26.2 Å². The van der Waals surface area contributed by atoms with Crippen molar-refractivity contribution in [3.63, 3.8) is 0 Å². The van der Waals surface area contributed by atoms with Crippen molar-refractivity contribution in [1.29, 1.82) is 0 Å². The highest BCUT2D eigenvalue weighted by molar-refractivity contribution is 5.81. The second-order valence-electron chi connectivity index (χ2n) is 5.40. The lowest BCUT2D eigenvalue weighted by molar-refractivity contribution is -0.143. The summed E-state index contributed by atoms with van der Waals surface area (Å²) in [5, 5.41) is 13.0. The molecule has 1 aromatic carbocycles. The fraction of sp³-hybridized carbons (Fsp3) is 0.500. The molecule has 114 valence electrons. The van der Waals surface area contributed by atoms with Gasteiger partial charge in [0, 0.05) is 13.1 Å². The van der Waals surface area contributed by atoms with E-state index >= 15 is 0 Å². The number of hydrogen-bond acceptors (Lipinski definition) is 4. The van der Waals surface area contributed by atoms with E-state index in [1.54, 1.807) is 6.21 Å². The molecular weight excluding hydrogens is 268 g/mol. The van der Waals surface area contributed by atoms with Gasteiger partial charge in [-0.05, 0) is 37.4 Å². The number of carboxylic acid groups (broad SMARTS) is 1. The van der Waals surface area contributed by atoms with Crippen LogP contribution >= 0.6 is 0 Å². The third-order valence-corrected chi connectivity index (χ3v) is 3.81. The van der Waals surface area contributed by atoms with E-state index in [0.29, 0.717) is 13.2 Å². The van der Waals surface area contributed by atoms with Gasteiger partial charge >= 0.3 is 5.97 Å². The molecule has 5 nitrogen and oxygen atoms in total. The molecule has 5 heteroatoms. The van der Waals surface area contributed by atoms with Crippen LogP contribution in [0.15, 0.2) is 29.4 Å². The second kappa shape index (κ2) is 7.78. The average Bonchev–Trinajstić information content (AvgIpc) is 2.49. The van der Waals surface area contributed by atoms with Crippen molar-refractivity contribution in [2.24, 2.45) is 11.1 Å². The van der Waals surface area contributed by atoms with Gasteiger partial charge in [-0.15, -0.1) is 0 Å². The Balaban J connectivity index is 1.70. The lowest BCUT2D eigenvalue weighted by Gasteiger charge is -2.29. The highest BCUT2D eigenvalue weighted by Gasteiger charge is 2.24. The third-order valence-electron chi connectivity index (χ3n) is 3.81. The quantitative estimate of drug-likeness (QED) is 0.495. The number of piperidine rings is 1. The molecule has 0 spiro atoms. The van der Waals surface area contributed by atoms with Gasteiger partial charge in [-0.25, -0.2) is 0 Å². The molecule has 0 amide bonds. The number of hydrogen-bond donors (Lipinski definition) is 1. The molecular formula is C16H22N2O3. The standard InChI is InChI=1S/C16H22N2O3/c1-13-5-2-3-6-14(13)11-17-21-10-9-18-8-4-7-15(12-18)16(19)20/h2-3,5-6,11,15H,4,7-10,12H2,1H3,(H,19,20). The molecule has 1 aliphatic heterocycles. The molecule has 1 N–H and O–H groups in total. The van der Waals surface area contributed by atoms with Crippen molar-refractivity contribution in [3.8, 4) is 0 Å².